The Labute approximate surface area is 103 Å². The average molecular weight is 236 g/mol. The highest BCUT2D eigenvalue weighted by Crippen LogP contribution is 2.35. The van der Waals surface area contributed by atoms with Crippen LogP contribution in [0.15, 0.2) is 0 Å². The second-order valence-electron chi connectivity index (χ2n) is 3.86. The van der Waals surface area contributed by atoms with Crippen LogP contribution in [0.5, 0.6) is 0 Å². The van der Waals surface area contributed by atoms with Crippen molar-refractivity contribution in [1.29, 1.82) is 5.26 Å². The number of hydrogen-bond acceptors (Lipinski definition) is 3. The highest BCUT2D eigenvalue weighted by molar-refractivity contribution is 7.16. The quantitative estimate of drug-likeness (QED) is 0.779. The minimum atomic E-state index is 0.903. The molecule has 0 aliphatic heterocycles. The summed E-state index contributed by atoms with van der Waals surface area (Å²) in [6, 6.07) is 2.38. The van der Waals surface area contributed by atoms with Gasteiger partial charge in [0.05, 0.1) is 5.56 Å². The van der Waals surface area contributed by atoms with E-state index >= 15 is 0 Å². The molecule has 0 bridgehead atoms. The zero-order chi connectivity index (χ0) is 12.1. The lowest BCUT2D eigenvalue weighted by Crippen LogP contribution is -2.23. The van der Waals surface area contributed by atoms with Gasteiger partial charge >= 0.3 is 0 Å². The third-order valence-corrected chi connectivity index (χ3v) is 4.03. The summed E-state index contributed by atoms with van der Waals surface area (Å²) in [7, 11) is 0. The lowest BCUT2D eigenvalue weighted by molar-refractivity contribution is 0.797. The van der Waals surface area contributed by atoms with Crippen molar-refractivity contribution in [2.24, 2.45) is 0 Å². The summed E-state index contributed by atoms with van der Waals surface area (Å²) < 4.78 is 0. The maximum absolute atomic E-state index is 9.29. The Morgan fingerprint density at radius 2 is 2.00 bits per heavy atom. The van der Waals surface area contributed by atoms with Gasteiger partial charge in [0, 0.05) is 18.0 Å². The normalized spacial score (nSPS) is 10.2. The maximum atomic E-state index is 9.29. The van der Waals surface area contributed by atoms with Crippen LogP contribution in [0.3, 0.4) is 0 Å². The van der Waals surface area contributed by atoms with E-state index in [9.17, 15) is 5.26 Å². The number of anilines is 1. The molecule has 0 aromatic carbocycles. The fourth-order valence-corrected chi connectivity index (χ4v) is 3.28. The van der Waals surface area contributed by atoms with Crippen molar-refractivity contribution >= 4 is 16.3 Å². The fraction of sp³-hybridized carbons (Fsp3) is 0.615. The first kappa shape index (κ1) is 13.1. The Hall–Kier alpha value is -1.01. The predicted molar refractivity (Wildman–Crippen MR) is 71.3 cm³/mol. The molecule has 0 N–H and O–H groups in total. The summed E-state index contributed by atoms with van der Waals surface area (Å²) in [4.78, 5) is 3.61. The van der Waals surface area contributed by atoms with Crippen molar-refractivity contribution in [3.05, 3.63) is 16.0 Å². The molecule has 1 heterocycles. The Morgan fingerprint density at radius 3 is 2.44 bits per heavy atom. The van der Waals surface area contributed by atoms with Crippen LogP contribution in [0.1, 0.15) is 43.2 Å². The van der Waals surface area contributed by atoms with Crippen LogP contribution in [-0.2, 0) is 6.42 Å². The van der Waals surface area contributed by atoms with Crippen LogP contribution >= 0.6 is 11.3 Å². The van der Waals surface area contributed by atoms with Crippen molar-refractivity contribution in [2.45, 2.75) is 40.5 Å². The Morgan fingerprint density at radius 1 is 1.31 bits per heavy atom. The standard InChI is InChI=1S/C13H20N2S/c1-5-8-15(7-3)13-12(9-14)11(6-2)10(4)16-13/h5-8H2,1-4H3. The van der Waals surface area contributed by atoms with Crippen LogP contribution in [-0.4, -0.2) is 13.1 Å². The molecular weight excluding hydrogens is 216 g/mol. The predicted octanol–water partition coefficient (Wildman–Crippen LogP) is 3.73. The number of nitrogens with zero attached hydrogens (tertiary/aromatic N) is 2. The highest BCUT2D eigenvalue weighted by Gasteiger charge is 2.17. The first-order chi connectivity index (χ1) is 7.69. The lowest BCUT2D eigenvalue weighted by Gasteiger charge is -2.20. The van der Waals surface area contributed by atoms with Gasteiger partial charge in [0.1, 0.15) is 11.1 Å². The van der Waals surface area contributed by atoms with Gasteiger partial charge in [-0.25, -0.2) is 0 Å². The molecule has 2 nitrogen and oxygen atoms in total. The van der Waals surface area contributed by atoms with Crippen molar-refractivity contribution in [3.63, 3.8) is 0 Å². The van der Waals surface area contributed by atoms with Crippen molar-refractivity contribution in [1.82, 2.24) is 0 Å². The van der Waals surface area contributed by atoms with Gasteiger partial charge in [-0.3, -0.25) is 0 Å². The van der Waals surface area contributed by atoms with Crippen LogP contribution in [0.2, 0.25) is 0 Å². The molecule has 16 heavy (non-hydrogen) atoms. The SMILES string of the molecule is CCCN(CC)c1sc(C)c(CC)c1C#N. The molecule has 88 valence electrons. The molecule has 0 unspecified atom stereocenters. The molecule has 0 amide bonds. The van der Waals surface area contributed by atoms with E-state index in [0.717, 1.165) is 31.5 Å². The zero-order valence-electron chi connectivity index (χ0n) is 10.6. The third-order valence-electron chi connectivity index (χ3n) is 2.82. The molecule has 0 saturated carbocycles. The molecule has 0 radical (unpaired) electrons. The van der Waals surface area contributed by atoms with Gasteiger partial charge in [-0.1, -0.05) is 13.8 Å². The molecule has 0 fully saturated rings. The minimum absolute atomic E-state index is 0.903. The first-order valence-electron chi connectivity index (χ1n) is 5.96. The van der Waals surface area contributed by atoms with Gasteiger partial charge in [-0.2, -0.15) is 5.26 Å². The van der Waals surface area contributed by atoms with E-state index in [1.165, 1.54) is 15.4 Å². The van der Waals surface area contributed by atoms with Gasteiger partial charge in [0.15, 0.2) is 0 Å². The number of thiophene rings is 1. The number of aryl methyl sites for hydroxylation is 1. The Bertz CT molecular complexity index is 387. The van der Waals surface area contributed by atoms with Crippen LogP contribution in [0.4, 0.5) is 5.00 Å². The molecule has 1 rings (SSSR count). The average Bonchev–Trinajstić information content (AvgIpc) is 2.61. The van der Waals surface area contributed by atoms with Gasteiger partial charge in [-0.05, 0) is 32.3 Å². The molecule has 0 aliphatic rings. The van der Waals surface area contributed by atoms with Crippen LogP contribution < -0.4 is 4.90 Å². The molecular formula is C13H20N2S. The minimum Gasteiger partial charge on any atom is -0.363 e. The fourth-order valence-electron chi connectivity index (χ4n) is 2.00. The number of hydrogen-bond donors (Lipinski definition) is 0. The lowest BCUT2D eigenvalue weighted by atomic mass is 10.1. The highest BCUT2D eigenvalue weighted by atomic mass is 32.1. The monoisotopic (exact) mass is 236 g/mol. The van der Waals surface area contributed by atoms with Gasteiger partial charge in [0.2, 0.25) is 0 Å². The van der Waals surface area contributed by atoms with Crippen molar-refractivity contribution < 1.29 is 0 Å². The van der Waals surface area contributed by atoms with Gasteiger partial charge in [-0.15, -0.1) is 11.3 Å². The second kappa shape index (κ2) is 5.91. The van der Waals surface area contributed by atoms with Crippen molar-refractivity contribution in [3.8, 4) is 6.07 Å². The van der Waals surface area contributed by atoms with E-state index in [0.29, 0.717) is 0 Å². The van der Waals surface area contributed by atoms with E-state index in [-0.39, 0.29) is 0 Å². The van der Waals surface area contributed by atoms with Crippen LogP contribution in [0, 0.1) is 18.3 Å². The largest absolute Gasteiger partial charge is 0.363 e. The number of rotatable bonds is 5. The summed E-state index contributed by atoms with van der Waals surface area (Å²) >= 11 is 1.77. The molecule has 0 spiro atoms. The molecule has 0 saturated heterocycles. The second-order valence-corrected chi connectivity index (χ2v) is 5.07. The van der Waals surface area contributed by atoms with Crippen molar-refractivity contribution in [2.75, 3.05) is 18.0 Å². The van der Waals surface area contributed by atoms with E-state index in [4.69, 9.17) is 0 Å². The maximum Gasteiger partial charge on any atom is 0.109 e. The summed E-state index contributed by atoms with van der Waals surface area (Å²) in [5.41, 5.74) is 2.14. The van der Waals surface area contributed by atoms with E-state index in [1.54, 1.807) is 11.3 Å². The molecule has 3 heteroatoms. The van der Waals surface area contributed by atoms with E-state index < -0.39 is 0 Å². The summed E-state index contributed by atoms with van der Waals surface area (Å²) in [6.07, 6.45) is 2.08. The van der Waals surface area contributed by atoms with Crippen LogP contribution in [0.25, 0.3) is 0 Å². The molecule has 1 aromatic heterocycles. The smallest absolute Gasteiger partial charge is 0.109 e. The first-order valence-corrected chi connectivity index (χ1v) is 6.78. The topological polar surface area (TPSA) is 27.0 Å². The van der Waals surface area contributed by atoms with Gasteiger partial charge in [0.25, 0.3) is 0 Å². The molecule has 1 aromatic rings. The van der Waals surface area contributed by atoms with Gasteiger partial charge < -0.3 is 4.90 Å². The van der Waals surface area contributed by atoms with E-state index in [2.05, 4.69) is 38.7 Å². The molecule has 0 atom stereocenters. The molecule has 0 aliphatic carbocycles. The summed E-state index contributed by atoms with van der Waals surface area (Å²) in [5, 5.41) is 10.5. The summed E-state index contributed by atoms with van der Waals surface area (Å²) in [6.45, 7) is 10.6. The summed E-state index contributed by atoms with van der Waals surface area (Å²) in [5.74, 6) is 0. The van der Waals surface area contributed by atoms with E-state index in [1.807, 2.05) is 0 Å². The number of nitriles is 1. The third kappa shape index (κ3) is 2.38. The Kier molecular flexibility index (Phi) is 4.82. The Balaban J connectivity index is 3.17. The zero-order valence-corrected chi connectivity index (χ0v) is 11.4.